The Labute approximate surface area is 98.6 Å². The minimum absolute atomic E-state index is 0.0574. The van der Waals surface area contributed by atoms with E-state index in [-0.39, 0.29) is 5.82 Å². The van der Waals surface area contributed by atoms with Crippen molar-refractivity contribution in [2.75, 3.05) is 0 Å². The molecule has 17 heavy (non-hydrogen) atoms. The largest absolute Gasteiger partial charge is 0.480 e. The summed E-state index contributed by atoms with van der Waals surface area (Å²) in [7, 11) is 0. The Balaban J connectivity index is 2.82. The molecular weight excluding hydrogens is 224 g/mol. The summed E-state index contributed by atoms with van der Waals surface area (Å²) in [5.41, 5.74) is -0.590. The second-order valence-corrected chi connectivity index (χ2v) is 4.86. The first kappa shape index (κ1) is 13.1. The fraction of sp³-hybridized carbons (Fsp3) is 0.600. The molecule has 0 fully saturated rings. The quantitative estimate of drug-likeness (QED) is 0.706. The van der Waals surface area contributed by atoms with Gasteiger partial charge in [-0.2, -0.15) is 0 Å². The minimum Gasteiger partial charge on any atom is -0.480 e. The van der Waals surface area contributed by atoms with Crippen molar-refractivity contribution in [3.05, 3.63) is 11.6 Å². The van der Waals surface area contributed by atoms with Gasteiger partial charge in [-0.25, -0.2) is 9.78 Å². The maximum Gasteiger partial charge on any atom is 0.326 e. The number of amides is 1. The number of carboxylic acids is 1. The number of aromatic amines is 1. The number of nitrogens with zero attached hydrogens (tertiary/aromatic N) is 2. The smallest absolute Gasteiger partial charge is 0.326 e. The van der Waals surface area contributed by atoms with Crippen LogP contribution < -0.4 is 5.32 Å². The Kier molecular flexibility index (Phi) is 3.50. The zero-order valence-corrected chi connectivity index (χ0v) is 10.2. The van der Waals surface area contributed by atoms with Gasteiger partial charge in [0.15, 0.2) is 0 Å². The number of aryl methyl sites for hydroxylation is 1. The predicted molar refractivity (Wildman–Crippen MR) is 59.5 cm³/mol. The predicted octanol–water partition coefficient (Wildman–Crippen LogP) is 0.342. The topological polar surface area (TPSA) is 108 Å². The van der Waals surface area contributed by atoms with Crippen molar-refractivity contribution in [3.63, 3.8) is 0 Å². The summed E-state index contributed by atoms with van der Waals surface area (Å²) >= 11 is 0. The van der Waals surface area contributed by atoms with Gasteiger partial charge in [0.2, 0.25) is 5.82 Å². The van der Waals surface area contributed by atoms with E-state index < -0.39 is 23.3 Å². The van der Waals surface area contributed by atoms with Crippen LogP contribution in [0.25, 0.3) is 0 Å². The highest BCUT2D eigenvalue weighted by Gasteiger charge is 2.33. The van der Waals surface area contributed by atoms with Crippen LogP contribution in [-0.2, 0) is 4.79 Å². The fourth-order valence-corrected chi connectivity index (χ4v) is 1.29. The molecule has 7 nitrogen and oxygen atoms in total. The number of hydrogen-bond donors (Lipinski definition) is 3. The van der Waals surface area contributed by atoms with Crippen LogP contribution in [0.2, 0.25) is 0 Å². The van der Waals surface area contributed by atoms with E-state index in [4.69, 9.17) is 5.11 Å². The van der Waals surface area contributed by atoms with Gasteiger partial charge in [-0.15, -0.1) is 5.10 Å². The molecule has 1 aromatic rings. The molecule has 0 bridgehead atoms. The highest BCUT2D eigenvalue weighted by molar-refractivity contribution is 5.93. The average Bonchev–Trinajstić information content (AvgIpc) is 2.58. The molecule has 3 N–H and O–H groups in total. The van der Waals surface area contributed by atoms with E-state index in [1.807, 2.05) is 0 Å². The van der Waals surface area contributed by atoms with Crippen LogP contribution in [0, 0.1) is 12.3 Å². The number of hydrogen-bond acceptors (Lipinski definition) is 4. The number of carbonyl (C=O) groups is 2. The molecule has 1 rings (SSSR count). The minimum atomic E-state index is -1.09. The van der Waals surface area contributed by atoms with Crippen LogP contribution in [0.4, 0.5) is 0 Å². The number of carbonyl (C=O) groups excluding carboxylic acids is 1. The first-order valence-electron chi connectivity index (χ1n) is 5.14. The van der Waals surface area contributed by atoms with E-state index >= 15 is 0 Å². The van der Waals surface area contributed by atoms with Crippen molar-refractivity contribution in [2.24, 2.45) is 5.41 Å². The summed E-state index contributed by atoms with van der Waals surface area (Å²) in [6.45, 7) is 6.85. The summed E-state index contributed by atoms with van der Waals surface area (Å²) in [4.78, 5) is 26.6. The molecule has 0 aliphatic rings. The van der Waals surface area contributed by atoms with Crippen molar-refractivity contribution in [1.82, 2.24) is 20.5 Å². The van der Waals surface area contributed by atoms with Crippen LogP contribution in [0.1, 0.15) is 37.2 Å². The summed E-state index contributed by atoms with van der Waals surface area (Å²) in [5.74, 6) is -1.24. The van der Waals surface area contributed by atoms with Crippen molar-refractivity contribution < 1.29 is 14.7 Å². The Bertz CT molecular complexity index is 433. The van der Waals surface area contributed by atoms with Gasteiger partial charge in [0.05, 0.1) is 0 Å². The van der Waals surface area contributed by atoms with Crippen molar-refractivity contribution in [1.29, 1.82) is 0 Å². The maximum absolute atomic E-state index is 11.7. The van der Waals surface area contributed by atoms with E-state index in [1.165, 1.54) is 0 Å². The van der Waals surface area contributed by atoms with E-state index in [0.29, 0.717) is 5.82 Å². The molecule has 7 heteroatoms. The van der Waals surface area contributed by atoms with Crippen LogP contribution in [-0.4, -0.2) is 38.2 Å². The SMILES string of the molecule is Cc1nc(C(=O)N[C@@H](C(=O)O)C(C)(C)C)n[nH]1. The van der Waals surface area contributed by atoms with Gasteiger partial charge in [0.1, 0.15) is 11.9 Å². The van der Waals surface area contributed by atoms with Crippen LogP contribution in [0.5, 0.6) is 0 Å². The normalized spacial score (nSPS) is 13.2. The van der Waals surface area contributed by atoms with E-state index in [1.54, 1.807) is 27.7 Å². The number of rotatable bonds is 3. The molecule has 94 valence electrons. The fourth-order valence-electron chi connectivity index (χ4n) is 1.29. The third-order valence-corrected chi connectivity index (χ3v) is 2.19. The molecule has 1 amide bonds. The summed E-state index contributed by atoms with van der Waals surface area (Å²) in [6, 6.07) is -0.992. The van der Waals surface area contributed by atoms with Crippen molar-refractivity contribution in [3.8, 4) is 0 Å². The van der Waals surface area contributed by atoms with Crippen LogP contribution >= 0.6 is 0 Å². The van der Waals surface area contributed by atoms with E-state index in [0.717, 1.165) is 0 Å². The second-order valence-electron chi connectivity index (χ2n) is 4.86. The molecule has 0 aliphatic heterocycles. The summed E-state index contributed by atoms with van der Waals surface area (Å²) in [5, 5.41) is 17.6. The Hall–Kier alpha value is -1.92. The summed E-state index contributed by atoms with van der Waals surface area (Å²) in [6.07, 6.45) is 0. The lowest BCUT2D eigenvalue weighted by molar-refractivity contribution is -0.142. The lowest BCUT2D eigenvalue weighted by Gasteiger charge is -2.27. The van der Waals surface area contributed by atoms with Gasteiger partial charge in [0.25, 0.3) is 5.91 Å². The van der Waals surface area contributed by atoms with E-state index in [2.05, 4.69) is 20.5 Å². The molecule has 0 unspecified atom stereocenters. The molecule has 0 aliphatic carbocycles. The number of H-pyrrole nitrogens is 1. The standard InChI is InChI=1S/C10H16N4O3/c1-5-11-7(14-13-5)8(15)12-6(9(16)17)10(2,3)4/h6H,1-4H3,(H,12,15)(H,16,17)(H,11,13,14)/t6-/m0/s1. The highest BCUT2D eigenvalue weighted by atomic mass is 16.4. The number of nitrogens with one attached hydrogen (secondary N) is 2. The van der Waals surface area contributed by atoms with Crippen molar-refractivity contribution >= 4 is 11.9 Å². The molecule has 0 aromatic carbocycles. The Morgan fingerprint density at radius 2 is 2.00 bits per heavy atom. The lowest BCUT2D eigenvalue weighted by Crippen LogP contribution is -2.49. The van der Waals surface area contributed by atoms with Gasteiger partial charge in [0, 0.05) is 0 Å². The zero-order valence-electron chi connectivity index (χ0n) is 10.2. The molecule has 1 atom stereocenters. The van der Waals surface area contributed by atoms with Crippen LogP contribution in [0.3, 0.4) is 0 Å². The van der Waals surface area contributed by atoms with Gasteiger partial charge in [-0.3, -0.25) is 9.89 Å². The number of aliphatic carboxylic acids is 1. The lowest BCUT2D eigenvalue weighted by atomic mass is 9.87. The zero-order chi connectivity index (χ0) is 13.2. The Morgan fingerprint density at radius 1 is 1.41 bits per heavy atom. The van der Waals surface area contributed by atoms with Crippen molar-refractivity contribution in [2.45, 2.75) is 33.7 Å². The number of carboxylic acid groups (broad SMARTS) is 1. The molecule has 0 saturated carbocycles. The maximum atomic E-state index is 11.7. The first-order chi connectivity index (χ1) is 7.71. The second kappa shape index (κ2) is 4.52. The molecule has 0 saturated heterocycles. The number of aromatic nitrogens is 3. The van der Waals surface area contributed by atoms with Gasteiger partial charge in [-0.1, -0.05) is 20.8 Å². The molecular formula is C10H16N4O3. The summed E-state index contributed by atoms with van der Waals surface area (Å²) < 4.78 is 0. The molecule has 1 aromatic heterocycles. The van der Waals surface area contributed by atoms with E-state index in [9.17, 15) is 9.59 Å². The van der Waals surface area contributed by atoms with Gasteiger partial charge < -0.3 is 10.4 Å². The van der Waals surface area contributed by atoms with Gasteiger partial charge in [-0.05, 0) is 12.3 Å². The first-order valence-corrected chi connectivity index (χ1v) is 5.14. The molecule has 0 radical (unpaired) electrons. The average molecular weight is 240 g/mol. The Morgan fingerprint density at radius 3 is 2.35 bits per heavy atom. The molecule has 0 spiro atoms. The highest BCUT2D eigenvalue weighted by Crippen LogP contribution is 2.19. The third-order valence-electron chi connectivity index (χ3n) is 2.19. The third kappa shape index (κ3) is 3.27. The molecule has 1 heterocycles. The van der Waals surface area contributed by atoms with Gasteiger partial charge >= 0.3 is 5.97 Å². The monoisotopic (exact) mass is 240 g/mol. The van der Waals surface area contributed by atoms with Crippen LogP contribution in [0.15, 0.2) is 0 Å².